The fourth-order valence-corrected chi connectivity index (χ4v) is 2.04. The highest BCUT2D eigenvalue weighted by molar-refractivity contribution is 4.93. The van der Waals surface area contributed by atoms with Crippen LogP contribution in [0.15, 0.2) is 12.4 Å². The highest BCUT2D eigenvalue weighted by atomic mass is 15.0. The summed E-state index contributed by atoms with van der Waals surface area (Å²) in [5, 5.41) is 0. The molecular formula is C11H19N3. The fraction of sp³-hybridized carbons (Fsp3) is 0.727. The molecule has 0 spiro atoms. The third-order valence-electron chi connectivity index (χ3n) is 3.38. The van der Waals surface area contributed by atoms with Crippen molar-refractivity contribution in [3.63, 3.8) is 0 Å². The van der Waals surface area contributed by atoms with Gasteiger partial charge < -0.3 is 10.3 Å². The third kappa shape index (κ3) is 1.98. The van der Waals surface area contributed by atoms with E-state index in [0.29, 0.717) is 6.04 Å². The van der Waals surface area contributed by atoms with E-state index in [-0.39, 0.29) is 0 Å². The zero-order valence-corrected chi connectivity index (χ0v) is 8.82. The Morgan fingerprint density at radius 3 is 2.93 bits per heavy atom. The van der Waals surface area contributed by atoms with Gasteiger partial charge in [0.15, 0.2) is 0 Å². The minimum Gasteiger partial charge on any atom is -0.338 e. The van der Waals surface area contributed by atoms with Gasteiger partial charge in [-0.2, -0.15) is 0 Å². The van der Waals surface area contributed by atoms with Gasteiger partial charge in [0.05, 0.1) is 0 Å². The van der Waals surface area contributed by atoms with E-state index in [1.54, 1.807) is 0 Å². The molecule has 1 heterocycles. The standard InChI is InChI=1S/C11H19N3/c1-14-8-7-13-11(14)6-5-10(12)9-3-2-4-9/h7-10H,2-6,12H2,1H3. The van der Waals surface area contributed by atoms with E-state index in [4.69, 9.17) is 5.73 Å². The van der Waals surface area contributed by atoms with E-state index in [0.717, 1.165) is 24.6 Å². The van der Waals surface area contributed by atoms with Crippen molar-refractivity contribution in [3.8, 4) is 0 Å². The number of imidazole rings is 1. The quantitative estimate of drug-likeness (QED) is 0.787. The molecule has 14 heavy (non-hydrogen) atoms. The van der Waals surface area contributed by atoms with Crippen molar-refractivity contribution in [1.29, 1.82) is 0 Å². The zero-order valence-electron chi connectivity index (χ0n) is 8.82. The van der Waals surface area contributed by atoms with E-state index in [1.165, 1.54) is 19.3 Å². The maximum atomic E-state index is 6.11. The molecule has 2 N–H and O–H groups in total. The molecule has 1 aromatic heterocycles. The van der Waals surface area contributed by atoms with Crippen LogP contribution >= 0.6 is 0 Å². The van der Waals surface area contributed by atoms with E-state index in [2.05, 4.69) is 9.55 Å². The lowest BCUT2D eigenvalue weighted by atomic mass is 9.78. The summed E-state index contributed by atoms with van der Waals surface area (Å²) in [5.41, 5.74) is 6.11. The maximum absolute atomic E-state index is 6.11. The predicted octanol–water partition coefficient (Wildman–Crippen LogP) is 1.48. The van der Waals surface area contributed by atoms with Gasteiger partial charge in [-0.1, -0.05) is 6.42 Å². The second-order valence-corrected chi connectivity index (χ2v) is 4.35. The van der Waals surface area contributed by atoms with Crippen molar-refractivity contribution >= 4 is 0 Å². The molecule has 3 heteroatoms. The summed E-state index contributed by atoms with van der Waals surface area (Å²) >= 11 is 0. The molecule has 1 aromatic rings. The minimum atomic E-state index is 0.389. The second-order valence-electron chi connectivity index (χ2n) is 4.35. The van der Waals surface area contributed by atoms with Crippen molar-refractivity contribution in [2.75, 3.05) is 0 Å². The summed E-state index contributed by atoms with van der Waals surface area (Å²) in [5.74, 6) is 1.94. The molecule has 1 saturated carbocycles. The maximum Gasteiger partial charge on any atom is 0.108 e. The van der Waals surface area contributed by atoms with Gasteiger partial charge in [0.1, 0.15) is 5.82 Å². The molecule has 1 fully saturated rings. The zero-order chi connectivity index (χ0) is 9.97. The van der Waals surface area contributed by atoms with Crippen LogP contribution in [0.5, 0.6) is 0 Å². The minimum absolute atomic E-state index is 0.389. The molecule has 1 aliphatic carbocycles. The van der Waals surface area contributed by atoms with Crippen LogP contribution in [0.1, 0.15) is 31.5 Å². The Morgan fingerprint density at radius 2 is 2.43 bits per heavy atom. The number of nitrogens with two attached hydrogens (primary N) is 1. The number of nitrogens with zero attached hydrogens (tertiary/aromatic N) is 2. The van der Waals surface area contributed by atoms with Gasteiger partial charge >= 0.3 is 0 Å². The molecule has 0 bridgehead atoms. The highest BCUT2D eigenvalue weighted by Crippen LogP contribution is 2.30. The Kier molecular flexibility index (Phi) is 2.87. The van der Waals surface area contributed by atoms with E-state index in [9.17, 15) is 0 Å². The summed E-state index contributed by atoms with van der Waals surface area (Å²) in [4.78, 5) is 4.30. The molecule has 1 atom stereocenters. The topological polar surface area (TPSA) is 43.8 Å². The van der Waals surface area contributed by atoms with Crippen molar-refractivity contribution in [2.45, 2.75) is 38.1 Å². The number of hydrogen-bond acceptors (Lipinski definition) is 2. The Morgan fingerprint density at radius 1 is 1.64 bits per heavy atom. The van der Waals surface area contributed by atoms with Crippen LogP contribution in [0, 0.1) is 5.92 Å². The highest BCUT2D eigenvalue weighted by Gasteiger charge is 2.24. The Bertz CT molecular complexity index is 288. The van der Waals surface area contributed by atoms with Gasteiger partial charge in [0, 0.05) is 31.9 Å². The van der Waals surface area contributed by atoms with Crippen molar-refractivity contribution in [2.24, 2.45) is 18.7 Å². The largest absolute Gasteiger partial charge is 0.338 e. The van der Waals surface area contributed by atoms with Gasteiger partial charge in [-0.05, 0) is 25.2 Å². The summed E-state index contributed by atoms with van der Waals surface area (Å²) in [6.07, 6.45) is 9.98. The predicted molar refractivity (Wildman–Crippen MR) is 56.8 cm³/mol. The molecule has 78 valence electrons. The number of aryl methyl sites for hydroxylation is 2. The molecule has 0 amide bonds. The first kappa shape index (κ1) is 9.71. The first-order valence-electron chi connectivity index (χ1n) is 5.49. The van der Waals surface area contributed by atoms with Crippen LogP contribution in [-0.2, 0) is 13.5 Å². The molecule has 1 aliphatic rings. The van der Waals surface area contributed by atoms with Crippen LogP contribution in [0.3, 0.4) is 0 Å². The molecule has 2 rings (SSSR count). The van der Waals surface area contributed by atoms with Gasteiger partial charge in [0.25, 0.3) is 0 Å². The Labute approximate surface area is 85.3 Å². The Balaban J connectivity index is 1.79. The summed E-state index contributed by atoms with van der Waals surface area (Å²) in [6.45, 7) is 0. The Hall–Kier alpha value is -0.830. The summed E-state index contributed by atoms with van der Waals surface area (Å²) in [6, 6.07) is 0.389. The molecular weight excluding hydrogens is 174 g/mol. The summed E-state index contributed by atoms with van der Waals surface area (Å²) in [7, 11) is 2.04. The van der Waals surface area contributed by atoms with Crippen LogP contribution in [0.2, 0.25) is 0 Å². The first-order chi connectivity index (χ1) is 6.77. The van der Waals surface area contributed by atoms with Crippen molar-refractivity contribution < 1.29 is 0 Å². The average molecular weight is 193 g/mol. The lowest BCUT2D eigenvalue weighted by Crippen LogP contribution is -2.35. The van der Waals surface area contributed by atoms with Crippen LogP contribution in [0.4, 0.5) is 0 Å². The van der Waals surface area contributed by atoms with E-state index < -0.39 is 0 Å². The molecule has 0 aliphatic heterocycles. The number of aromatic nitrogens is 2. The third-order valence-corrected chi connectivity index (χ3v) is 3.38. The monoisotopic (exact) mass is 193 g/mol. The van der Waals surface area contributed by atoms with E-state index >= 15 is 0 Å². The average Bonchev–Trinajstić information content (AvgIpc) is 2.44. The van der Waals surface area contributed by atoms with Gasteiger partial charge in [-0.25, -0.2) is 4.98 Å². The number of rotatable bonds is 4. The fourth-order valence-electron chi connectivity index (χ4n) is 2.04. The molecule has 0 saturated heterocycles. The molecule has 0 radical (unpaired) electrons. The van der Waals surface area contributed by atoms with Gasteiger partial charge in [0.2, 0.25) is 0 Å². The summed E-state index contributed by atoms with van der Waals surface area (Å²) < 4.78 is 2.08. The lowest BCUT2D eigenvalue weighted by molar-refractivity contribution is 0.252. The SMILES string of the molecule is Cn1ccnc1CCC(N)C1CCC1. The van der Waals surface area contributed by atoms with Crippen molar-refractivity contribution in [1.82, 2.24) is 9.55 Å². The van der Waals surface area contributed by atoms with Crippen LogP contribution in [0.25, 0.3) is 0 Å². The van der Waals surface area contributed by atoms with Crippen LogP contribution < -0.4 is 5.73 Å². The van der Waals surface area contributed by atoms with Gasteiger partial charge in [-0.3, -0.25) is 0 Å². The van der Waals surface area contributed by atoms with E-state index in [1.807, 2.05) is 19.4 Å². The van der Waals surface area contributed by atoms with Gasteiger partial charge in [-0.15, -0.1) is 0 Å². The second kappa shape index (κ2) is 4.13. The smallest absolute Gasteiger partial charge is 0.108 e. The molecule has 1 unspecified atom stereocenters. The van der Waals surface area contributed by atoms with Crippen LogP contribution in [-0.4, -0.2) is 15.6 Å². The number of hydrogen-bond donors (Lipinski definition) is 1. The molecule has 0 aromatic carbocycles. The lowest BCUT2D eigenvalue weighted by Gasteiger charge is -2.31. The van der Waals surface area contributed by atoms with Crippen molar-refractivity contribution in [3.05, 3.63) is 18.2 Å². The normalized spacial score (nSPS) is 19.3. The first-order valence-corrected chi connectivity index (χ1v) is 5.49. The molecule has 3 nitrogen and oxygen atoms in total.